The van der Waals surface area contributed by atoms with E-state index in [0.717, 1.165) is 42.7 Å². The molecule has 1 amide bonds. The van der Waals surface area contributed by atoms with Gasteiger partial charge < -0.3 is 14.6 Å². The van der Waals surface area contributed by atoms with E-state index in [-0.39, 0.29) is 5.91 Å². The van der Waals surface area contributed by atoms with Crippen LogP contribution in [0.5, 0.6) is 0 Å². The first kappa shape index (κ1) is 17.7. The van der Waals surface area contributed by atoms with E-state index in [9.17, 15) is 9.59 Å². The second-order valence-electron chi connectivity index (χ2n) is 6.32. The van der Waals surface area contributed by atoms with Gasteiger partial charge in [0.1, 0.15) is 5.00 Å². The van der Waals surface area contributed by atoms with Gasteiger partial charge in [-0.2, -0.15) is 0 Å². The van der Waals surface area contributed by atoms with Crippen LogP contribution < -0.4 is 5.32 Å². The quantitative estimate of drug-likeness (QED) is 0.802. The zero-order valence-corrected chi connectivity index (χ0v) is 15.5. The number of thiophene rings is 1. The Bertz CT molecular complexity index is 749. The molecule has 2 heterocycles. The number of carbonyl (C=O) groups excluding carboxylic acids is 2. The number of nitrogens with one attached hydrogen (secondary N) is 1. The van der Waals surface area contributed by atoms with E-state index in [0.29, 0.717) is 12.1 Å². The van der Waals surface area contributed by atoms with Crippen molar-refractivity contribution in [2.75, 3.05) is 6.54 Å². The van der Waals surface area contributed by atoms with Crippen molar-refractivity contribution in [1.29, 1.82) is 0 Å². The Morgan fingerprint density at radius 3 is 2.72 bits per heavy atom. The molecule has 0 saturated carbocycles. The molecule has 0 unspecified atom stereocenters. The van der Waals surface area contributed by atoms with Crippen molar-refractivity contribution in [3.63, 3.8) is 0 Å². The van der Waals surface area contributed by atoms with Crippen LogP contribution >= 0.6 is 11.3 Å². The minimum absolute atomic E-state index is 0.248. The lowest BCUT2D eigenvalue weighted by molar-refractivity contribution is -0.129. The molecule has 134 valence electrons. The summed E-state index contributed by atoms with van der Waals surface area (Å²) in [5.41, 5.74) is 1.73. The van der Waals surface area contributed by atoms with Crippen LogP contribution in [0, 0.1) is 0 Å². The number of aromatic nitrogens is 1. The van der Waals surface area contributed by atoms with Gasteiger partial charge in [-0.3, -0.25) is 4.79 Å². The number of rotatable bonds is 6. The van der Waals surface area contributed by atoms with Gasteiger partial charge in [0.15, 0.2) is 6.10 Å². The highest BCUT2D eigenvalue weighted by atomic mass is 32.1. The lowest BCUT2D eigenvalue weighted by Crippen LogP contribution is -2.36. The van der Waals surface area contributed by atoms with Gasteiger partial charge in [0.2, 0.25) is 0 Å². The number of hydrogen-bond donors (Lipinski definition) is 1. The van der Waals surface area contributed by atoms with E-state index in [2.05, 4.69) is 5.32 Å². The average molecular weight is 360 g/mol. The van der Waals surface area contributed by atoms with Crippen molar-refractivity contribution in [3.05, 3.63) is 40.5 Å². The fraction of sp³-hybridized carbons (Fsp3) is 0.474. The Morgan fingerprint density at radius 1 is 1.28 bits per heavy atom. The monoisotopic (exact) mass is 360 g/mol. The van der Waals surface area contributed by atoms with Crippen molar-refractivity contribution < 1.29 is 14.3 Å². The van der Waals surface area contributed by atoms with Gasteiger partial charge in [0, 0.05) is 23.8 Å². The smallest absolute Gasteiger partial charge is 0.342 e. The van der Waals surface area contributed by atoms with Crippen molar-refractivity contribution in [3.8, 4) is 5.00 Å². The molecule has 1 N–H and O–H groups in total. The summed E-state index contributed by atoms with van der Waals surface area (Å²) in [6.07, 6.45) is 8.07. The van der Waals surface area contributed by atoms with Crippen LogP contribution in [-0.2, 0) is 22.4 Å². The second kappa shape index (κ2) is 7.87. The first-order valence-electron chi connectivity index (χ1n) is 8.88. The molecule has 2 aromatic heterocycles. The van der Waals surface area contributed by atoms with Crippen molar-refractivity contribution in [2.24, 2.45) is 0 Å². The maximum Gasteiger partial charge on any atom is 0.342 e. The van der Waals surface area contributed by atoms with Crippen molar-refractivity contribution >= 4 is 23.2 Å². The topological polar surface area (TPSA) is 60.3 Å². The molecule has 1 aliphatic rings. The van der Waals surface area contributed by atoms with Gasteiger partial charge >= 0.3 is 5.97 Å². The molecule has 0 fully saturated rings. The Morgan fingerprint density at radius 2 is 2.00 bits per heavy atom. The van der Waals surface area contributed by atoms with Gasteiger partial charge in [-0.05, 0) is 56.7 Å². The third kappa shape index (κ3) is 3.79. The minimum Gasteiger partial charge on any atom is -0.449 e. The van der Waals surface area contributed by atoms with Gasteiger partial charge in [-0.1, -0.05) is 6.92 Å². The highest BCUT2D eigenvalue weighted by molar-refractivity contribution is 7.15. The predicted octanol–water partition coefficient (Wildman–Crippen LogP) is 3.49. The number of hydrogen-bond acceptors (Lipinski definition) is 4. The van der Waals surface area contributed by atoms with E-state index in [1.807, 2.05) is 36.0 Å². The zero-order valence-electron chi connectivity index (χ0n) is 14.7. The van der Waals surface area contributed by atoms with E-state index < -0.39 is 12.1 Å². The number of esters is 1. The summed E-state index contributed by atoms with van der Waals surface area (Å²) in [6, 6.07) is 3.88. The molecule has 5 nitrogen and oxygen atoms in total. The predicted molar refractivity (Wildman–Crippen MR) is 98.5 cm³/mol. The number of fused-ring (bicyclic) bond motifs is 1. The number of nitrogens with zero attached hydrogens (tertiary/aromatic N) is 1. The third-order valence-electron chi connectivity index (χ3n) is 4.40. The van der Waals surface area contributed by atoms with E-state index in [4.69, 9.17) is 4.74 Å². The maximum absolute atomic E-state index is 12.9. The fourth-order valence-corrected chi connectivity index (χ4v) is 4.42. The standard InChI is InChI=1S/C19H24N2O3S/c1-3-10-20-17(22)13(2)24-19(23)16-14-8-4-5-9-15(14)25-18(16)21-11-6-7-12-21/h6-7,11-13H,3-5,8-10H2,1-2H3,(H,20,22)/t13-/m1/s1. The summed E-state index contributed by atoms with van der Waals surface area (Å²) in [6.45, 7) is 4.19. The van der Waals surface area contributed by atoms with Crippen LogP contribution in [0.4, 0.5) is 0 Å². The largest absolute Gasteiger partial charge is 0.449 e. The van der Waals surface area contributed by atoms with Crippen LogP contribution in [0.2, 0.25) is 0 Å². The Kier molecular flexibility index (Phi) is 5.58. The molecule has 0 saturated heterocycles. The summed E-state index contributed by atoms with van der Waals surface area (Å²) in [5.74, 6) is -0.649. The molecule has 0 bridgehead atoms. The second-order valence-corrected chi connectivity index (χ2v) is 7.40. The molecular weight excluding hydrogens is 336 g/mol. The summed E-state index contributed by atoms with van der Waals surface area (Å²) in [7, 11) is 0. The van der Waals surface area contributed by atoms with Crippen LogP contribution in [-0.4, -0.2) is 29.1 Å². The molecule has 0 aromatic carbocycles. The van der Waals surface area contributed by atoms with E-state index in [1.165, 1.54) is 4.88 Å². The number of carbonyl (C=O) groups is 2. The van der Waals surface area contributed by atoms with Gasteiger partial charge in [0.25, 0.3) is 5.91 Å². The van der Waals surface area contributed by atoms with Crippen LogP contribution in [0.1, 0.15) is 53.9 Å². The molecule has 1 aliphatic carbocycles. The number of aryl methyl sites for hydroxylation is 1. The van der Waals surface area contributed by atoms with Crippen LogP contribution in [0.15, 0.2) is 24.5 Å². The van der Waals surface area contributed by atoms with Crippen molar-refractivity contribution in [1.82, 2.24) is 9.88 Å². The molecule has 3 rings (SSSR count). The molecule has 0 spiro atoms. The first-order chi connectivity index (χ1) is 12.1. The Labute approximate surface area is 152 Å². The van der Waals surface area contributed by atoms with Gasteiger partial charge in [-0.15, -0.1) is 11.3 Å². The summed E-state index contributed by atoms with van der Waals surface area (Å²) < 4.78 is 7.46. The lowest BCUT2D eigenvalue weighted by Gasteiger charge is -2.16. The van der Waals surface area contributed by atoms with Gasteiger partial charge in [-0.25, -0.2) is 4.79 Å². The van der Waals surface area contributed by atoms with Crippen LogP contribution in [0.3, 0.4) is 0 Å². The Hall–Kier alpha value is -2.08. The summed E-state index contributed by atoms with van der Waals surface area (Å²) in [5, 5.41) is 3.66. The number of amides is 1. The zero-order chi connectivity index (χ0) is 17.8. The average Bonchev–Trinajstić information content (AvgIpc) is 3.26. The summed E-state index contributed by atoms with van der Waals surface area (Å²) >= 11 is 1.66. The molecule has 1 atom stereocenters. The minimum atomic E-state index is -0.796. The molecule has 6 heteroatoms. The maximum atomic E-state index is 12.9. The van der Waals surface area contributed by atoms with E-state index >= 15 is 0 Å². The molecule has 0 aliphatic heterocycles. The molecule has 25 heavy (non-hydrogen) atoms. The summed E-state index contributed by atoms with van der Waals surface area (Å²) in [4.78, 5) is 26.2. The van der Waals surface area contributed by atoms with Crippen LogP contribution in [0.25, 0.3) is 5.00 Å². The fourth-order valence-electron chi connectivity index (χ4n) is 3.08. The third-order valence-corrected chi connectivity index (χ3v) is 5.70. The van der Waals surface area contributed by atoms with Crippen molar-refractivity contribution in [2.45, 2.75) is 52.1 Å². The first-order valence-corrected chi connectivity index (χ1v) is 9.70. The number of ether oxygens (including phenoxy) is 1. The van der Waals surface area contributed by atoms with Gasteiger partial charge in [0.05, 0.1) is 5.56 Å². The molecule has 0 radical (unpaired) electrons. The SMILES string of the molecule is CCCNC(=O)[C@@H](C)OC(=O)c1c(-n2cccc2)sc2c1CCCC2. The molecule has 2 aromatic rings. The van der Waals surface area contributed by atoms with E-state index in [1.54, 1.807) is 18.3 Å². The normalized spacial score (nSPS) is 14.6. The highest BCUT2D eigenvalue weighted by Gasteiger charge is 2.29. The Balaban J connectivity index is 1.86. The molecular formula is C19H24N2O3S. The highest BCUT2D eigenvalue weighted by Crippen LogP contribution is 2.37. The lowest BCUT2D eigenvalue weighted by atomic mass is 9.95.